The van der Waals surface area contributed by atoms with E-state index < -0.39 is 12.1 Å². The van der Waals surface area contributed by atoms with Gasteiger partial charge in [0, 0.05) is 6.42 Å². The first-order chi connectivity index (χ1) is 9.16. The van der Waals surface area contributed by atoms with E-state index in [-0.39, 0.29) is 6.42 Å². The predicted octanol–water partition coefficient (Wildman–Crippen LogP) is 4.30. The van der Waals surface area contributed by atoms with E-state index in [9.17, 15) is 9.90 Å². The number of hydrogen-bond donors (Lipinski definition) is 2. The third kappa shape index (κ3) is 15.1. The van der Waals surface area contributed by atoms with Crippen molar-refractivity contribution >= 4 is 5.97 Å². The van der Waals surface area contributed by atoms with Crippen molar-refractivity contribution in [3.05, 3.63) is 12.2 Å². The number of hydrogen-bond acceptors (Lipinski definition) is 2. The third-order valence-electron chi connectivity index (χ3n) is 3.24. The van der Waals surface area contributed by atoms with Crippen molar-refractivity contribution in [1.29, 1.82) is 0 Å². The summed E-state index contributed by atoms with van der Waals surface area (Å²) in [5.41, 5.74) is 0. The van der Waals surface area contributed by atoms with Gasteiger partial charge in [-0.05, 0) is 38.5 Å². The second-order valence-electron chi connectivity index (χ2n) is 5.19. The Hall–Kier alpha value is -0.830. The number of aliphatic carboxylic acids is 1. The molecular weight excluding hydrogens is 240 g/mol. The van der Waals surface area contributed by atoms with Gasteiger partial charge in [-0.15, -0.1) is 0 Å². The number of unbranched alkanes of at least 4 members (excludes halogenated alkanes) is 6. The maximum absolute atomic E-state index is 10.3. The third-order valence-corrected chi connectivity index (χ3v) is 3.24. The molecule has 0 aromatic rings. The van der Waals surface area contributed by atoms with Gasteiger partial charge in [0.1, 0.15) is 0 Å². The average molecular weight is 270 g/mol. The lowest BCUT2D eigenvalue weighted by molar-refractivity contribution is -0.137. The number of carboxylic acid groups (broad SMARTS) is 1. The molecule has 0 radical (unpaired) electrons. The molecule has 0 saturated carbocycles. The lowest BCUT2D eigenvalue weighted by Crippen LogP contribution is -2.09. The van der Waals surface area contributed by atoms with Gasteiger partial charge in [-0.1, -0.05) is 44.8 Å². The summed E-state index contributed by atoms with van der Waals surface area (Å²) < 4.78 is 0. The summed E-state index contributed by atoms with van der Waals surface area (Å²) in [6.07, 6.45) is 14.8. The lowest BCUT2D eigenvalue weighted by Gasteiger charge is -2.07. The van der Waals surface area contributed by atoms with Gasteiger partial charge >= 0.3 is 5.97 Å². The number of rotatable bonds is 13. The van der Waals surface area contributed by atoms with E-state index >= 15 is 0 Å². The first-order valence-electron chi connectivity index (χ1n) is 7.71. The van der Waals surface area contributed by atoms with Gasteiger partial charge in [0.15, 0.2) is 0 Å². The average Bonchev–Trinajstić information content (AvgIpc) is 2.38. The fraction of sp³-hybridized carbons (Fsp3) is 0.812. The van der Waals surface area contributed by atoms with Crippen LogP contribution in [0.3, 0.4) is 0 Å². The molecule has 0 aromatic heterocycles. The van der Waals surface area contributed by atoms with Gasteiger partial charge < -0.3 is 10.2 Å². The second kappa shape index (κ2) is 13.6. The number of carbonyl (C=O) groups is 1. The molecule has 0 spiro atoms. The van der Waals surface area contributed by atoms with E-state index in [1.807, 2.05) is 0 Å². The smallest absolute Gasteiger partial charge is 0.303 e. The quantitative estimate of drug-likeness (QED) is 0.387. The van der Waals surface area contributed by atoms with Gasteiger partial charge in [0.05, 0.1) is 6.10 Å². The molecule has 0 rings (SSSR count). The highest BCUT2D eigenvalue weighted by molar-refractivity contribution is 5.66. The number of aliphatic hydroxyl groups excluding tert-OH is 1. The molecule has 1 atom stereocenters. The molecule has 0 bridgehead atoms. The highest BCUT2D eigenvalue weighted by Crippen LogP contribution is 2.09. The molecule has 0 fully saturated rings. The zero-order chi connectivity index (χ0) is 14.3. The Labute approximate surface area is 117 Å². The minimum atomic E-state index is -0.829. The predicted molar refractivity (Wildman–Crippen MR) is 79.2 cm³/mol. The van der Waals surface area contributed by atoms with Gasteiger partial charge in [-0.2, -0.15) is 0 Å². The van der Waals surface area contributed by atoms with Crippen LogP contribution in [0.5, 0.6) is 0 Å². The molecule has 3 nitrogen and oxygen atoms in total. The molecule has 3 heteroatoms. The maximum Gasteiger partial charge on any atom is 0.303 e. The normalized spacial score (nSPS) is 12.9. The summed E-state index contributed by atoms with van der Waals surface area (Å²) in [5.74, 6) is -0.829. The van der Waals surface area contributed by atoms with Crippen LogP contribution in [-0.2, 0) is 4.79 Å². The van der Waals surface area contributed by atoms with Crippen molar-refractivity contribution in [3.8, 4) is 0 Å². The van der Waals surface area contributed by atoms with Crippen molar-refractivity contribution in [2.75, 3.05) is 0 Å². The number of aliphatic hydroxyl groups is 1. The zero-order valence-corrected chi connectivity index (χ0v) is 12.3. The molecule has 0 saturated heterocycles. The van der Waals surface area contributed by atoms with Gasteiger partial charge in [0.25, 0.3) is 0 Å². The van der Waals surface area contributed by atoms with Crippen LogP contribution in [0.25, 0.3) is 0 Å². The Bertz CT molecular complexity index is 236. The van der Waals surface area contributed by atoms with Crippen molar-refractivity contribution in [2.45, 2.75) is 83.7 Å². The molecule has 19 heavy (non-hydrogen) atoms. The van der Waals surface area contributed by atoms with Crippen LogP contribution < -0.4 is 0 Å². The lowest BCUT2D eigenvalue weighted by atomic mass is 10.1. The van der Waals surface area contributed by atoms with Crippen molar-refractivity contribution < 1.29 is 15.0 Å². The Kier molecular flexibility index (Phi) is 13.0. The van der Waals surface area contributed by atoms with E-state index in [4.69, 9.17) is 5.11 Å². The van der Waals surface area contributed by atoms with Crippen LogP contribution in [0.4, 0.5) is 0 Å². The van der Waals surface area contributed by atoms with Crippen LogP contribution in [0.2, 0.25) is 0 Å². The minimum absolute atomic E-state index is 0.0683. The van der Waals surface area contributed by atoms with Gasteiger partial charge in [-0.3, -0.25) is 4.79 Å². The monoisotopic (exact) mass is 270 g/mol. The summed E-state index contributed by atoms with van der Waals surface area (Å²) in [6.45, 7) is 2.22. The fourth-order valence-electron chi connectivity index (χ4n) is 2.00. The second-order valence-corrected chi connectivity index (χ2v) is 5.19. The first-order valence-corrected chi connectivity index (χ1v) is 7.71. The standard InChI is InChI=1S/C16H30O3/c1-2-3-4-5-6-7-8-9-10-11-12-15(17)13-14-16(18)19/h7-8,15,17H,2-6,9-14H2,1H3,(H,18,19)/b8-7-. The summed E-state index contributed by atoms with van der Waals surface area (Å²) in [5, 5.41) is 18.0. The largest absolute Gasteiger partial charge is 0.481 e. The first kappa shape index (κ1) is 18.2. The molecule has 0 heterocycles. The molecule has 112 valence electrons. The van der Waals surface area contributed by atoms with E-state index in [1.54, 1.807) is 0 Å². The summed E-state index contributed by atoms with van der Waals surface area (Å²) >= 11 is 0. The molecule has 0 aliphatic heterocycles. The number of allylic oxidation sites excluding steroid dienone is 2. The Morgan fingerprint density at radius 2 is 1.63 bits per heavy atom. The maximum atomic E-state index is 10.3. The highest BCUT2D eigenvalue weighted by Gasteiger charge is 2.06. The molecule has 0 aromatic carbocycles. The molecule has 0 amide bonds. The zero-order valence-electron chi connectivity index (χ0n) is 12.3. The molecule has 2 N–H and O–H groups in total. The van der Waals surface area contributed by atoms with E-state index in [2.05, 4.69) is 19.1 Å². The summed E-state index contributed by atoms with van der Waals surface area (Å²) in [4.78, 5) is 10.3. The Morgan fingerprint density at radius 1 is 1.00 bits per heavy atom. The number of carboxylic acids is 1. The van der Waals surface area contributed by atoms with Crippen molar-refractivity contribution in [3.63, 3.8) is 0 Å². The Balaban J connectivity index is 3.25. The highest BCUT2D eigenvalue weighted by atomic mass is 16.4. The SMILES string of the molecule is CCCCCC/C=C\CCCCC(O)CCC(=O)O. The van der Waals surface area contributed by atoms with Gasteiger partial charge in [0.2, 0.25) is 0 Å². The van der Waals surface area contributed by atoms with Crippen LogP contribution in [0.1, 0.15) is 77.6 Å². The van der Waals surface area contributed by atoms with E-state index in [0.717, 1.165) is 25.7 Å². The molecule has 0 aliphatic carbocycles. The van der Waals surface area contributed by atoms with Crippen molar-refractivity contribution in [2.24, 2.45) is 0 Å². The van der Waals surface area contributed by atoms with Gasteiger partial charge in [-0.25, -0.2) is 0 Å². The Morgan fingerprint density at radius 3 is 2.21 bits per heavy atom. The van der Waals surface area contributed by atoms with Crippen LogP contribution in [0, 0.1) is 0 Å². The fourth-order valence-corrected chi connectivity index (χ4v) is 2.00. The summed E-state index contributed by atoms with van der Waals surface area (Å²) in [7, 11) is 0. The van der Waals surface area contributed by atoms with E-state index in [0.29, 0.717) is 6.42 Å². The summed E-state index contributed by atoms with van der Waals surface area (Å²) in [6, 6.07) is 0. The van der Waals surface area contributed by atoms with Crippen molar-refractivity contribution in [1.82, 2.24) is 0 Å². The van der Waals surface area contributed by atoms with Crippen LogP contribution in [0.15, 0.2) is 12.2 Å². The molecule has 1 unspecified atom stereocenters. The van der Waals surface area contributed by atoms with E-state index in [1.165, 1.54) is 32.1 Å². The van der Waals surface area contributed by atoms with Crippen LogP contribution in [-0.4, -0.2) is 22.3 Å². The van der Waals surface area contributed by atoms with Crippen LogP contribution >= 0.6 is 0 Å². The minimum Gasteiger partial charge on any atom is -0.481 e. The molecule has 0 aliphatic rings. The molecular formula is C16H30O3. The topological polar surface area (TPSA) is 57.5 Å².